The van der Waals surface area contributed by atoms with Crippen LogP contribution in [0, 0.1) is 20.8 Å². The monoisotopic (exact) mass is 1640 g/mol. The van der Waals surface area contributed by atoms with Crippen molar-refractivity contribution in [2.45, 2.75) is 237 Å². The molecular weight excluding hydrogens is 1500 g/mol. The molecule has 2 aromatic heterocycles. The van der Waals surface area contributed by atoms with Crippen LogP contribution in [0.1, 0.15) is 282 Å². The number of benzene rings is 11. The maximum atomic E-state index is 12.9. The molecule has 640 valence electrons. The lowest BCUT2D eigenvalue weighted by Gasteiger charge is -2.29. The third kappa shape index (κ3) is 35.0. The Morgan fingerprint density at radius 1 is 0.306 bits per heavy atom. The summed E-state index contributed by atoms with van der Waals surface area (Å²) >= 11 is 0. The van der Waals surface area contributed by atoms with Gasteiger partial charge in [0.2, 0.25) is 11.8 Å². The topological polar surface area (TPSA) is 55.1 Å². The van der Waals surface area contributed by atoms with Crippen LogP contribution in [0.2, 0.25) is 0 Å². The molecule has 0 aliphatic carbocycles. The number of rotatable bonds is 15. The van der Waals surface area contributed by atoms with E-state index >= 15 is 0 Å². The zero-order chi connectivity index (χ0) is 88.8. The Morgan fingerprint density at radius 2 is 0.628 bits per heavy atom. The second kappa shape index (κ2) is 50.4. The number of hydrogen-bond donors (Lipinski definition) is 0. The second-order valence-electron chi connectivity index (χ2n) is 34.0. The highest BCUT2D eigenvalue weighted by atomic mass is 19.4. The molecule has 11 aromatic carbocycles. The van der Waals surface area contributed by atoms with Crippen molar-refractivity contribution in [3.8, 4) is 44.8 Å². The molecule has 1 aliphatic heterocycles. The number of hydrogen-bond acceptors (Lipinski definition) is 5. The number of alkyl halides is 5. The zero-order valence-electron chi connectivity index (χ0n) is 76.2. The smallest absolute Gasteiger partial charge is 0.416 e. The molecule has 0 radical (unpaired) electrons. The predicted octanol–water partition coefficient (Wildman–Crippen LogP) is 33.8. The Balaban J connectivity index is 0.000000212. The molecule has 1 saturated heterocycles. The van der Waals surface area contributed by atoms with E-state index in [0.717, 1.165) is 23.6 Å². The maximum absolute atomic E-state index is 12.9. The minimum atomic E-state index is -4.24. The quantitative estimate of drug-likeness (QED) is 0.0958. The summed E-state index contributed by atoms with van der Waals surface area (Å²) in [5.74, 6) is 3.17. The maximum Gasteiger partial charge on any atom is 0.416 e. The molecule has 3 heterocycles. The molecular formula is C111H135F5N4O. The summed E-state index contributed by atoms with van der Waals surface area (Å²) in [6.45, 7) is 47.5. The van der Waals surface area contributed by atoms with Gasteiger partial charge in [0.1, 0.15) is 0 Å². The van der Waals surface area contributed by atoms with E-state index in [2.05, 4.69) is 336 Å². The Kier molecular flexibility index (Phi) is 41.2. The van der Waals surface area contributed by atoms with Gasteiger partial charge in [0.15, 0.2) is 0 Å². The van der Waals surface area contributed by atoms with Crippen LogP contribution in [0.3, 0.4) is 0 Å². The van der Waals surface area contributed by atoms with Crippen LogP contribution in [0.15, 0.2) is 308 Å². The van der Waals surface area contributed by atoms with Crippen molar-refractivity contribution in [3.63, 3.8) is 0 Å². The molecule has 1 fully saturated rings. The van der Waals surface area contributed by atoms with E-state index in [1.807, 2.05) is 76.4 Å². The predicted molar refractivity (Wildman–Crippen MR) is 507 cm³/mol. The molecule has 121 heavy (non-hydrogen) atoms. The van der Waals surface area contributed by atoms with Crippen LogP contribution in [0.25, 0.3) is 44.8 Å². The van der Waals surface area contributed by atoms with Crippen molar-refractivity contribution >= 4 is 5.69 Å². The number of halogens is 5. The first-order valence-electron chi connectivity index (χ1n) is 43.3. The molecule has 0 saturated carbocycles. The fourth-order valence-electron chi connectivity index (χ4n) is 12.9. The van der Waals surface area contributed by atoms with E-state index < -0.39 is 17.7 Å². The second-order valence-corrected chi connectivity index (χ2v) is 34.0. The number of aryl methyl sites for hydroxylation is 3. The van der Waals surface area contributed by atoms with Crippen molar-refractivity contribution in [2.75, 3.05) is 18.0 Å². The van der Waals surface area contributed by atoms with Gasteiger partial charge in [-0.2, -0.15) is 13.2 Å². The minimum Gasteiger partial charge on any atom is -0.421 e. The number of piperidine rings is 1. The first-order chi connectivity index (χ1) is 57.5. The number of nitrogens with zero attached hydrogens (tertiary/aromatic N) is 4. The van der Waals surface area contributed by atoms with Gasteiger partial charge in [-0.15, -0.1) is 10.2 Å². The van der Waals surface area contributed by atoms with E-state index in [1.54, 1.807) is 31.3 Å². The summed E-state index contributed by atoms with van der Waals surface area (Å²) in [6.07, 6.45) is 3.56. The average molecular weight is 1640 g/mol. The van der Waals surface area contributed by atoms with Gasteiger partial charge in [0.25, 0.3) is 5.92 Å². The lowest BCUT2D eigenvalue weighted by atomic mass is 9.98. The van der Waals surface area contributed by atoms with Crippen LogP contribution >= 0.6 is 0 Å². The highest BCUT2D eigenvalue weighted by Crippen LogP contribution is 2.35. The summed E-state index contributed by atoms with van der Waals surface area (Å²) in [4.78, 5) is 6.63. The van der Waals surface area contributed by atoms with E-state index in [9.17, 15) is 22.0 Å². The highest BCUT2D eigenvalue weighted by molar-refractivity contribution is 5.65. The van der Waals surface area contributed by atoms with Gasteiger partial charge < -0.3 is 9.32 Å². The van der Waals surface area contributed by atoms with Gasteiger partial charge in [-0.3, -0.25) is 4.98 Å². The van der Waals surface area contributed by atoms with Crippen LogP contribution in [-0.2, 0) is 12.1 Å². The molecule has 0 amide bonds. The first-order valence-corrected chi connectivity index (χ1v) is 43.3. The van der Waals surface area contributed by atoms with Crippen molar-refractivity contribution < 1.29 is 26.4 Å². The fourth-order valence-corrected chi connectivity index (χ4v) is 12.9. The summed E-state index contributed by atoms with van der Waals surface area (Å²) in [6, 6.07) is 99.0. The largest absolute Gasteiger partial charge is 0.421 e. The third-order valence-electron chi connectivity index (χ3n) is 21.1. The molecule has 0 spiro atoms. The van der Waals surface area contributed by atoms with Crippen LogP contribution in [-0.4, -0.2) is 28.3 Å². The molecule has 0 N–H and O–H groups in total. The van der Waals surface area contributed by atoms with Crippen LogP contribution in [0.4, 0.5) is 27.6 Å². The molecule has 0 atom stereocenters. The lowest BCUT2D eigenvalue weighted by Crippen LogP contribution is -2.29. The molecule has 0 unspecified atom stereocenters. The van der Waals surface area contributed by atoms with E-state index in [1.165, 1.54) is 141 Å². The van der Waals surface area contributed by atoms with E-state index in [-0.39, 0.29) is 17.0 Å². The summed E-state index contributed by atoms with van der Waals surface area (Å²) < 4.78 is 68.6. The van der Waals surface area contributed by atoms with Crippen molar-refractivity contribution in [1.29, 1.82) is 0 Å². The van der Waals surface area contributed by atoms with Gasteiger partial charge in [0.05, 0.1) is 5.56 Å². The van der Waals surface area contributed by atoms with E-state index in [4.69, 9.17) is 4.42 Å². The molecule has 5 nitrogen and oxygen atoms in total. The number of pyridine rings is 1. The van der Waals surface area contributed by atoms with Crippen molar-refractivity contribution in [3.05, 3.63) is 382 Å². The molecule has 14 rings (SSSR count). The molecule has 13 aromatic rings. The average Bonchev–Trinajstić information content (AvgIpc) is 1.30. The van der Waals surface area contributed by atoms with Crippen molar-refractivity contribution in [2.24, 2.45) is 0 Å². The molecule has 0 bridgehead atoms. The van der Waals surface area contributed by atoms with Crippen LogP contribution in [0.5, 0.6) is 0 Å². The van der Waals surface area contributed by atoms with Gasteiger partial charge in [-0.25, -0.2) is 8.78 Å². The standard InChI is InChI=1S/2C15H16.C14H15N.C14H21N.C12H14N2O.C11H13F3.C11H14F2.C10H14.C9H12/c2*1-12(2)13-8-10-15(11-9-13)14-6-4-3-5-7-14;1-11(2)12-5-7-13(8-6-12)14-4-3-9-15-10-14;1-12(2)13-6-8-14(9-7-13)15-10-4-3-5-11-15;1-8(2)10-4-6-11(7-5-10)12-14-13-9(3)15-12;1-7(2)9-5-4-8(3)10(6-9)11(12,13)14;1-8(2)9-5-4-6-10(7-9)11(3,12)13;1-8(2)10-6-4-9(3)5-7-10;1-8(2)9-6-4-3-5-7-9/h2*3-12H,1-2H3;3-11H,1-2H3;6-9,12H,3-5,10-11H2,1-2H3;4-8H,1-3H3;4-7H,1-3H3;4-8H,1-3H3;4-8H,1-3H3;3-8H,1-2H3. The Hall–Kier alpha value is -10.8. The van der Waals surface area contributed by atoms with Gasteiger partial charge in [-0.1, -0.05) is 379 Å². The number of aromatic nitrogens is 3. The van der Waals surface area contributed by atoms with Crippen molar-refractivity contribution in [1.82, 2.24) is 15.2 Å². The normalized spacial score (nSPS) is 11.8. The summed E-state index contributed by atoms with van der Waals surface area (Å²) in [5.41, 5.74) is 22.6. The molecule has 1 aliphatic rings. The SMILES string of the molecule is CC(C)c1ccc(-c2ccccc2)cc1.CC(C)c1ccc(-c2ccccc2)cc1.CC(C)c1ccc(-c2cccnc2)cc1.CC(C)c1ccc(N2CCCCC2)cc1.CC(C)c1cccc(C(C)(F)F)c1.CC(C)c1ccccc1.Cc1ccc(C(C)C)cc1.Cc1ccc(C(C)C)cc1C(F)(F)F.Cc1nnc(-c2ccc(C(C)C)cc2)o1. The van der Waals surface area contributed by atoms with E-state index in [0.29, 0.717) is 59.1 Å². The minimum absolute atomic E-state index is 0.0960. The number of anilines is 1. The van der Waals surface area contributed by atoms with Gasteiger partial charge >= 0.3 is 6.18 Å². The summed E-state index contributed by atoms with van der Waals surface area (Å²) in [5, 5.41) is 7.78. The third-order valence-corrected chi connectivity index (χ3v) is 21.1. The fraction of sp³-hybridized carbons (Fsp3) is 0.342. The Bertz CT molecular complexity index is 4740. The van der Waals surface area contributed by atoms with Gasteiger partial charge in [-0.05, 0) is 218 Å². The Labute approximate surface area is 724 Å². The molecule has 10 heteroatoms. The summed E-state index contributed by atoms with van der Waals surface area (Å²) in [7, 11) is 0. The first kappa shape index (κ1) is 99.0. The lowest BCUT2D eigenvalue weighted by molar-refractivity contribution is -0.138. The van der Waals surface area contributed by atoms with Crippen LogP contribution < -0.4 is 4.90 Å². The zero-order valence-corrected chi connectivity index (χ0v) is 76.2. The van der Waals surface area contributed by atoms with Gasteiger partial charge in [0, 0.05) is 56.1 Å². The Morgan fingerprint density at radius 3 is 0.975 bits per heavy atom. The highest BCUT2D eigenvalue weighted by Gasteiger charge is 2.32.